The van der Waals surface area contributed by atoms with Crippen molar-refractivity contribution in [2.45, 2.75) is 6.54 Å². The summed E-state index contributed by atoms with van der Waals surface area (Å²) in [6.07, 6.45) is 3.77. The zero-order chi connectivity index (χ0) is 13.0. The van der Waals surface area contributed by atoms with Crippen molar-refractivity contribution in [1.82, 2.24) is 15.0 Å². The smallest absolute Gasteiger partial charge is 0.217 e. The van der Waals surface area contributed by atoms with E-state index in [4.69, 9.17) is 17.0 Å². The fraction of sp³-hybridized carbons (Fsp3) is 0.0909. The number of nitrogens with zero attached hydrogens (tertiary/aromatic N) is 3. The van der Waals surface area contributed by atoms with Crippen molar-refractivity contribution in [1.29, 1.82) is 5.41 Å². The number of hydrogen-bond donors (Lipinski definition) is 2. The van der Waals surface area contributed by atoms with Crippen LogP contribution in [0.2, 0.25) is 5.15 Å². The Balaban J connectivity index is 2.18. The molecule has 0 bridgehead atoms. The molecule has 0 unspecified atom stereocenters. The van der Waals surface area contributed by atoms with Gasteiger partial charge in [-0.1, -0.05) is 17.7 Å². The topological polar surface area (TPSA) is 74.6 Å². The molecular formula is C11H9ClFN5. The van der Waals surface area contributed by atoms with Gasteiger partial charge in [0, 0.05) is 24.5 Å². The lowest BCUT2D eigenvalue weighted by Gasteiger charge is -2.08. The molecule has 0 radical (unpaired) electrons. The van der Waals surface area contributed by atoms with Crippen molar-refractivity contribution in [3.63, 3.8) is 0 Å². The normalized spacial score (nSPS) is 10.1. The Morgan fingerprint density at radius 2 is 2.28 bits per heavy atom. The second-order valence-corrected chi connectivity index (χ2v) is 3.77. The van der Waals surface area contributed by atoms with E-state index in [0.717, 1.165) is 6.21 Å². The van der Waals surface area contributed by atoms with Crippen LogP contribution in [0.1, 0.15) is 11.3 Å². The summed E-state index contributed by atoms with van der Waals surface area (Å²) in [6, 6.07) is 3.25. The van der Waals surface area contributed by atoms with Gasteiger partial charge in [0.05, 0.1) is 6.20 Å². The summed E-state index contributed by atoms with van der Waals surface area (Å²) in [5.41, 5.74) is 0.735. The van der Waals surface area contributed by atoms with E-state index in [0.29, 0.717) is 17.1 Å². The molecule has 0 aliphatic carbocycles. The molecule has 2 N–H and O–H groups in total. The van der Waals surface area contributed by atoms with Crippen LogP contribution >= 0.6 is 11.6 Å². The van der Waals surface area contributed by atoms with Crippen molar-refractivity contribution >= 4 is 23.6 Å². The van der Waals surface area contributed by atoms with E-state index in [2.05, 4.69) is 20.3 Å². The highest BCUT2D eigenvalue weighted by Gasteiger charge is 2.06. The van der Waals surface area contributed by atoms with Gasteiger partial charge in [0.2, 0.25) is 5.95 Å². The number of pyridine rings is 1. The Morgan fingerprint density at radius 3 is 3.00 bits per heavy atom. The first-order valence-corrected chi connectivity index (χ1v) is 5.45. The summed E-state index contributed by atoms with van der Waals surface area (Å²) in [5, 5.41) is 10.3. The molecule has 92 valence electrons. The fourth-order valence-corrected chi connectivity index (χ4v) is 1.48. The predicted octanol–water partition coefficient (Wildman–Crippen LogP) is 2.27. The Bertz CT molecular complexity index is 575. The summed E-state index contributed by atoms with van der Waals surface area (Å²) in [7, 11) is 0. The molecule has 0 aromatic carbocycles. The van der Waals surface area contributed by atoms with Gasteiger partial charge < -0.3 is 10.7 Å². The van der Waals surface area contributed by atoms with E-state index >= 15 is 0 Å². The second kappa shape index (κ2) is 5.50. The summed E-state index contributed by atoms with van der Waals surface area (Å²) >= 11 is 5.71. The van der Waals surface area contributed by atoms with E-state index in [9.17, 15) is 4.39 Å². The molecular weight excluding hydrogens is 257 g/mol. The predicted molar refractivity (Wildman–Crippen MR) is 66.4 cm³/mol. The van der Waals surface area contributed by atoms with Gasteiger partial charge in [0.15, 0.2) is 5.82 Å². The van der Waals surface area contributed by atoms with Crippen molar-refractivity contribution < 1.29 is 4.39 Å². The van der Waals surface area contributed by atoms with Gasteiger partial charge in [-0.2, -0.15) is 4.39 Å². The summed E-state index contributed by atoms with van der Waals surface area (Å²) in [6.45, 7) is 0.190. The van der Waals surface area contributed by atoms with Crippen LogP contribution in [0.25, 0.3) is 0 Å². The summed E-state index contributed by atoms with van der Waals surface area (Å²) in [4.78, 5) is 11.4. The molecule has 5 nitrogen and oxygen atoms in total. The largest absolute Gasteiger partial charge is 0.364 e. The Labute approximate surface area is 108 Å². The molecule has 0 saturated heterocycles. The summed E-state index contributed by atoms with van der Waals surface area (Å²) in [5.74, 6) is -0.211. The van der Waals surface area contributed by atoms with Crippen molar-refractivity contribution in [2.24, 2.45) is 0 Å². The molecule has 0 aliphatic rings. The lowest BCUT2D eigenvalue weighted by Crippen LogP contribution is -2.07. The van der Waals surface area contributed by atoms with E-state index in [1.54, 1.807) is 12.1 Å². The second-order valence-electron chi connectivity index (χ2n) is 3.38. The number of halogens is 2. The minimum absolute atomic E-state index is 0.190. The van der Waals surface area contributed by atoms with Gasteiger partial charge in [-0.3, -0.25) is 0 Å². The SMILES string of the molecule is N=Cc1ncc(Cl)nc1NCc1cccnc1F. The maximum Gasteiger partial charge on any atom is 0.217 e. The quantitative estimate of drug-likeness (QED) is 0.657. The lowest BCUT2D eigenvalue weighted by molar-refractivity contribution is 0.569. The molecule has 0 saturated carbocycles. The van der Waals surface area contributed by atoms with Crippen LogP contribution < -0.4 is 5.32 Å². The van der Waals surface area contributed by atoms with Crippen LogP contribution in [-0.2, 0) is 6.54 Å². The van der Waals surface area contributed by atoms with Gasteiger partial charge in [-0.25, -0.2) is 15.0 Å². The number of anilines is 1. The maximum absolute atomic E-state index is 13.3. The first kappa shape index (κ1) is 12.4. The molecule has 2 aromatic rings. The molecule has 2 heterocycles. The lowest BCUT2D eigenvalue weighted by atomic mass is 10.3. The molecule has 0 atom stereocenters. The highest BCUT2D eigenvalue weighted by atomic mass is 35.5. The minimum atomic E-state index is -0.545. The van der Waals surface area contributed by atoms with Crippen LogP contribution in [0.4, 0.5) is 10.2 Å². The average Bonchev–Trinajstić information content (AvgIpc) is 2.38. The third-order valence-electron chi connectivity index (χ3n) is 2.19. The van der Waals surface area contributed by atoms with E-state index in [1.807, 2.05) is 0 Å². The van der Waals surface area contributed by atoms with Gasteiger partial charge in [-0.15, -0.1) is 0 Å². The van der Waals surface area contributed by atoms with Gasteiger partial charge in [-0.05, 0) is 6.07 Å². The van der Waals surface area contributed by atoms with Gasteiger partial charge in [0.25, 0.3) is 0 Å². The zero-order valence-corrected chi connectivity index (χ0v) is 9.95. The Morgan fingerprint density at radius 1 is 1.44 bits per heavy atom. The first-order chi connectivity index (χ1) is 8.70. The highest BCUT2D eigenvalue weighted by Crippen LogP contribution is 2.13. The van der Waals surface area contributed by atoms with Crippen LogP contribution in [0.3, 0.4) is 0 Å². The summed E-state index contributed by atoms with van der Waals surface area (Å²) < 4.78 is 13.3. The molecule has 2 rings (SSSR count). The molecule has 0 spiro atoms. The van der Waals surface area contributed by atoms with E-state index in [-0.39, 0.29) is 11.7 Å². The van der Waals surface area contributed by atoms with Crippen LogP contribution in [-0.4, -0.2) is 21.2 Å². The third-order valence-corrected chi connectivity index (χ3v) is 2.37. The van der Waals surface area contributed by atoms with Crippen LogP contribution in [0.5, 0.6) is 0 Å². The zero-order valence-electron chi connectivity index (χ0n) is 9.19. The third kappa shape index (κ3) is 2.78. The highest BCUT2D eigenvalue weighted by molar-refractivity contribution is 6.29. The number of aromatic nitrogens is 3. The average molecular weight is 266 g/mol. The Hall–Kier alpha value is -2.08. The molecule has 18 heavy (non-hydrogen) atoms. The fourth-order valence-electron chi connectivity index (χ4n) is 1.34. The monoisotopic (exact) mass is 265 g/mol. The number of rotatable bonds is 4. The van der Waals surface area contributed by atoms with Crippen LogP contribution in [0, 0.1) is 11.4 Å². The van der Waals surface area contributed by atoms with E-state index < -0.39 is 5.95 Å². The number of hydrogen-bond acceptors (Lipinski definition) is 5. The van der Waals surface area contributed by atoms with Gasteiger partial charge in [0.1, 0.15) is 10.8 Å². The van der Waals surface area contributed by atoms with E-state index in [1.165, 1.54) is 12.4 Å². The van der Waals surface area contributed by atoms with Crippen molar-refractivity contribution in [3.05, 3.63) is 46.9 Å². The maximum atomic E-state index is 13.3. The number of nitrogens with one attached hydrogen (secondary N) is 2. The molecule has 0 fully saturated rings. The standard InChI is InChI=1S/C11H9ClFN5/c12-9-6-16-8(4-14)11(18-9)17-5-7-2-1-3-15-10(7)13/h1-4,6,14H,5H2,(H,17,18). The molecule has 2 aromatic heterocycles. The van der Waals surface area contributed by atoms with Crippen molar-refractivity contribution in [2.75, 3.05) is 5.32 Å². The minimum Gasteiger partial charge on any atom is -0.364 e. The van der Waals surface area contributed by atoms with Gasteiger partial charge >= 0.3 is 0 Å². The molecule has 0 aliphatic heterocycles. The molecule has 7 heteroatoms. The van der Waals surface area contributed by atoms with Crippen LogP contribution in [0.15, 0.2) is 24.5 Å². The Kier molecular flexibility index (Phi) is 3.78. The first-order valence-electron chi connectivity index (χ1n) is 5.07. The van der Waals surface area contributed by atoms with Crippen molar-refractivity contribution in [3.8, 4) is 0 Å². The molecule has 0 amide bonds.